The number of benzene rings is 1. The second kappa shape index (κ2) is 6.94. The Kier molecular flexibility index (Phi) is 4.51. The van der Waals surface area contributed by atoms with Gasteiger partial charge in [0.1, 0.15) is 5.82 Å². The monoisotopic (exact) mass is 343 g/mol. The van der Waals surface area contributed by atoms with Crippen molar-refractivity contribution in [1.82, 2.24) is 15.0 Å². The fraction of sp³-hybridized carbons (Fsp3) is 0.526. The highest BCUT2D eigenvalue weighted by molar-refractivity contribution is 5.79. The molecule has 0 spiro atoms. The summed E-state index contributed by atoms with van der Waals surface area (Å²) in [6, 6.07) is 6.17. The van der Waals surface area contributed by atoms with Crippen LogP contribution in [0.15, 0.2) is 28.8 Å². The lowest BCUT2D eigenvalue weighted by atomic mass is 9.96. The molecule has 0 radical (unpaired) electrons. The van der Waals surface area contributed by atoms with Crippen LogP contribution in [0.4, 0.5) is 4.39 Å². The lowest BCUT2D eigenvalue weighted by Gasteiger charge is -2.32. The number of likely N-dealkylation sites (tertiary alicyclic amines) is 1. The number of halogens is 1. The number of carbonyl (C=O) groups is 1. The van der Waals surface area contributed by atoms with Crippen LogP contribution in [-0.4, -0.2) is 34.0 Å². The van der Waals surface area contributed by atoms with Gasteiger partial charge in [-0.15, -0.1) is 0 Å². The minimum atomic E-state index is -0.324. The fourth-order valence-electron chi connectivity index (χ4n) is 3.96. The number of hydrogen-bond acceptors (Lipinski definition) is 4. The fourth-order valence-corrected chi connectivity index (χ4v) is 3.96. The van der Waals surface area contributed by atoms with Crippen LogP contribution in [0.5, 0.6) is 0 Å². The topological polar surface area (TPSA) is 59.2 Å². The Hall–Kier alpha value is -2.24. The predicted molar refractivity (Wildman–Crippen MR) is 90.2 cm³/mol. The Labute approximate surface area is 146 Å². The van der Waals surface area contributed by atoms with Crippen molar-refractivity contribution in [2.75, 3.05) is 13.1 Å². The van der Waals surface area contributed by atoms with E-state index < -0.39 is 0 Å². The van der Waals surface area contributed by atoms with Gasteiger partial charge in [0.25, 0.3) is 0 Å². The number of amides is 1. The van der Waals surface area contributed by atoms with Crippen molar-refractivity contribution in [3.63, 3.8) is 0 Å². The molecule has 25 heavy (non-hydrogen) atoms. The standard InChI is InChI=1S/C19H22FN3O2/c20-16-9-3-7-14(11-16)17-21-18(25-22-17)15-8-4-10-23(12-15)19(24)13-5-1-2-6-13/h3,7,9,11,13,15H,1-2,4-6,8,10,12H2. The molecule has 1 unspecified atom stereocenters. The second-order valence-corrected chi connectivity index (χ2v) is 7.07. The predicted octanol–water partition coefficient (Wildman–Crippen LogP) is 3.77. The summed E-state index contributed by atoms with van der Waals surface area (Å²) in [6.07, 6.45) is 6.23. The van der Waals surface area contributed by atoms with E-state index in [1.807, 2.05) is 4.90 Å². The first-order valence-corrected chi connectivity index (χ1v) is 9.09. The van der Waals surface area contributed by atoms with Crippen LogP contribution in [0, 0.1) is 11.7 Å². The van der Waals surface area contributed by atoms with Crippen molar-refractivity contribution in [1.29, 1.82) is 0 Å². The normalized spacial score (nSPS) is 21.6. The molecule has 0 N–H and O–H groups in total. The maximum Gasteiger partial charge on any atom is 0.231 e. The van der Waals surface area contributed by atoms with Gasteiger partial charge in [0.2, 0.25) is 17.6 Å². The Morgan fingerprint density at radius 3 is 2.84 bits per heavy atom. The molecule has 0 bridgehead atoms. The molecule has 6 heteroatoms. The molecular formula is C19H22FN3O2. The van der Waals surface area contributed by atoms with Gasteiger partial charge in [0, 0.05) is 24.6 Å². The summed E-state index contributed by atoms with van der Waals surface area (Å²) in [5.41, 5.74) is 0.602. The third kappa shape index (κ3) is 3.43. The molecule has 1 aliphatic heterocycles. The van der Waals surface area contributed by atoms with Gasteiger partial charge < -0.3 is 9.42 Å². The van der Waals surface area contributed by atoms with Crippen molar-refractivity contribution in [3.05, 3.63) is 36.0 Å². The molecule has 5 nitrogen and oxygen atoms in total. The van der Waals surface area contributed by atoms with Crippen LogP contribution in [0.25, 0.3) is 11.4 Å². The van der Waals surface area contributed by atoms with Crippen molar-refractivity contribution >= 4 is 5.91 Å². The van der Waals surface area contributed by atoms with E-state index in [9.17, 15) is 9.18 Å². The zero-order chi connectivity index (χ0) is 17.2. The number of piperidine rings is 1. The van der Waals surface area contributed by atoms with Crippen molar-refractivity contribution < 1.29 is 13.7 Å². The zero-order valence-corrected chi connectivity index (χ0v) is 14.2. The maximum absolute atomic E-state index is 13.4. The highest BCUT2D eigenvalue weighted by Gasteiger charge is 2.33. The summed E-state index contributed by atoms with van der Waals surface area (Å²) in [6.45, 7) is 1.46. The maximum atomic E-state index is 13.4. The largest absolute Gasteiger partial charge is 0.342 e. The van der Waals surface area contributed by atoms with Crippen LogP contribution in [0.1, 0.15) is 50.3 Å². The van der Waals surface area contributed by atoms with E-state index in [0.717, 1.165) is 45.1 Å². The third-order valence-electron chi connectivity index (χ3n) is 5.31. The summed E-state index contributed by atoms with van der Waals surface area (Å²) in [4.78, 5) is 19.1. The molecule has 2 heterocycles. The summed E-state index contributed by atoms with van der Waals surface area (Å²) in [5.74, 6) is 1.16. The molecule has 2 fully saturated rings. The Morgan fingerprint density at radius 2 is 2.04 bits per heavy atom. The van der Waals surface area contributed by atoms with Gasteiger partial charge in [-0.05, 0) is 37.8 Å². The van der Waals surface area contributed by atoms with Crippen molar-refractivity contribution in [3.8, 4) is 11.4 Å². The van der Waals surface area contributed by atoms with Gasteiger partial charge in [-0.1, -0.05) is 30.1 Å². The van der Waals surface area contributed by atoms with Crippen LogP contribution >= 0.6 is 0 Å². The highest BCUT2D eigenvalue weighted by atomic mass is 19.1. The minimum absolute atomic E-state index is 0.0638. The summed E-state index contributed by atoms with van der Waals surface area (Å²) in [7, 11) is 0. The lowest BCUT2D eigenvalue weighted by molar-refractivity contribution is -0.136. The molecular weight excluding hydrogens is 321 g/mol. The van der Waals surface area contributed by atoms with Crippen LogP contribution in [-0.2, 0) is 4.79 Å². The van der Waals surface area contributed by atoms with Gasteiger partial charge in [-0.25, -0.2) is 4.39 Å². The molecule has 1 aliphatic carbocycles. The van der Waals surface area contributed by atoms with Crippen LogP contribution in [0.2, 0.25) is 0 Å². The Bertz CT molecular complexity index is 755. The quantitative estimate of drug-likeness (QED) is 0.851. The number of nitrogens with zero attached hydrogens (tertiary/aromatic N) is 3. The zero-order valence-electron chi connectivity index (χ0n) is 14.2. The first kappa shape index (κ1) is 16.2. The first-order chi connectivity index (χ1) is 12.2. The number of aromatic nitrogens is 2. The SMILES string of the molecule is O=C(C1CCCC1)N1CCCC(c2nc(-c3cccc(F)c3)no2)C1. The van der Waals surface area contributed by atoms with E-state index in [1.165, 1.54) is 12.1 Å². The minimum Gasteiger partial charge on any atom is -0.342 e. The molecule has 1 aromatic carbocycles. The second-order valence-electron chi connectivity index (χ2n) is 7.07. The smallest absolute Gasteiger partial charge is 0.231 e. The highest BCUT2D eigenvalue weighted by Crippen LogP contribution is 2.31. The molecule has 1 aromatic heterocycles. The van der Waals surface area contributed by atoms with E-state index in [-0.39, 0.29) is 23.6 Å². The van der Waals surface area contributed by atoms with Gasteiger partial charge >= 0.3 is 0 Å². The molecule has 1 atom stereocenters. The molecule has 1 amide bonds. The Morgan fingerprint density at radius 1 is 1.20 bits per heavy atom. The average Bonchev–Trinajstić information content (AvgIpc) is 3.33. The lowest BCUT2D eigenvalue weighted by Crippen LogP contribution is -2.41. The van der Waals surface area contributed by atoms with E-state index in [2.05, 4.69) is 10.1 Å². The number of hydrogen-bond donors (Lipinski definition) is 0. The van der Waals surface area contributed by atoms with Gasteiger partial charge in [-0.2, -0.15) is 4.98 Å². The summed E-state index contributed by atoms with van der Waals surface area (Å²) < 4.78 is 18.8. The Balaban J connectivity index is 1.47. The van der Waals surface area contributed by atoms with E-state index in [1.54, 1.807) is 12.1 Å². The van der Waals surface area contributed by atoms with Crippen LogP contribution < -0.4 is 0 Å². The van der Waals surface area contributed by atoms with E-state index >= 15 is 0 Å². The van der Waals surface area contributed by atoms with Crippen molar-refractivity contribution in [2.45, 2.75) is 44.4 Å². The molecule has 2 aliphatic rings. The van der Waals surface area contributed by atoms with Crippen LogP contribution in [0.3, 0.4) is 0 Å². The average molecular weight is 343 g/mol. The third-order valence-corrected chi connectivity index (χ3v) is 5.31. The number of rotatable bonds is 3. The first-order valence-electron chi connectivity index (χ1n) is 9.09. The van der Waals surface area contributed by atoms with Crippen molar-refractivity contribution in [2.24, 2.45) is 5.92 Å². The molecule has 2 aromatic rings. The van der Waals surface area contributed by atoms with E-state index in [0.29, 0.717) is 23.8 Å². The molecule has 1 saturated heterocycles. The summed E-state index contributed by atoms with van der Waals surface area (Å²) in [5, 5.41) is 3.99. The van der Waals surface area contributed by atoms with Gasteiger partial charge in [-0.3, -0.25) is 4.79 Å². The van der Waals surface area contributed by atoms with Gasteiger partial charge in [0.15, 0.2) is 0 Å². The molecule has 132 valence electrons. The summed E-state index contributed by atoms with van der Waals surface area (Å²) >= 11 is 0. The molecule has 1 saturated carbocycles. The number of carbonyl (C=O) groups excluding carboxylic acids is 1. The van der Waals surface area contributed by atoms with E-state index in [4.69, 9.17) is 4.52 Å². The van der Waals surface area contributed by atoms with Gasteiger partial charge in [0.05, 0.1) is 5.92 Å². The molecule has 4 rings (SSSR count).